The third-order valence-corrected chi connectivity index (χ3v) is 3.02. The number of hydrogen-bond donors (Lipinski definition) is 1. The van der Waals surface area contributed by atoms with Crippen molar-refractivity contribution in [3.8, 4) is 6.07 Å². The molecule has 0 aromatic heterocycles. The van der Waals surface area contributed by atoms with Crippen LogP contribution in [-0.2, 0) is 4.79 Å². The van der Waals surface area contributed by atoms with Gasteiger partial charge in [0, 0.05) is 13.1 Å². The molecule has 1 rings (SSSR count). The highest BCUT2D eigenvalue weighted by molar-refractivity contribution is 5.84. The number of likely N-dealkylation sites (tertiary alicyclic amines) is 1. The highest BCUT2D eigenvalue weighted by Gasteiger charge is 2.35. The fraction of sp³-hybridized carbons (Fsp3) is 0.818. The molecule has 84 valence electrons. The highest BCUT2D eigenvalue weighted by Crippen LogP contribution is 2.23. The molecule has 0 saturated carbocycles. The van der Waals surface area contributed by atoms with Crippen molar-refractivity contribution in [3.05, 3.63) is 0 Å². The molecule has 0 bridgehead atoms. The molecule has 1 aliphatic heterocycles. The number of aliphatic hydroxyl groups excluding tert-OH is 1. The van der Waals surface area contributed by atoms with Crippen molar-refractivity contribution in [2.45, 2.75) is 33.3 Å². The van der Waals surface area contributed by atoms with Crippen LogP contribution in [0.4, 0.5) is 0 Å². The molecule has 4 heteroatoms. The number of carbonyl (C=O) groups is 1. The summed E-state index contributed by atoms with van der Waals surface area (Å²) in [6.07, 6.45) is 0.339. The van der Waals surface area contributed by atoms with Crippen molar-refractivity contribution in [1.29, 1.82) is 5.26 Å². The molecule has 1 amide bonds. The number of β-amino-alcohol motifs (C(OH)–C–C–N with tert-alkyl or cyclic N) is 1. The summed E-state index contributed by atoms with van der Waals surface area (Å²) in [5.74, 6) is 0.0511. The maximum atomic E-state index is 11.9. The second kappa shape index (κ2) is 4.19. The number of aliphatic hydroxyl groups is 1. The van der Waals surface area contributed by atoms with E-state index < -0.39 is 11.5 Å². The van der Waals surface area contributed by atoms with Crippen LogP contribution in [0, 0.1) is 22.7 Å². The monoisotopic (exact) mass is 210 g/mol. The maximum absolute atomic E-state index is 11.9. The first-order chi connectivity index (χ1) is 6.88. The van der Waals surface area contributed by atoms with E-state index in [4.69, 9.17) is 5.26 Å². The smallest absolute Gasteiger partial charge is 0.242 e. The molecule has 0 spiro atoms. The summed E-state index contributed by atoms with van der Waals surface area (Å²) in [6, 6.07) is 1.99. The van der Waals surface area contributed by atoms with Crippen LogP contribution in [0.1, 0.15) is 27.2 Å². The van der Waals surface area contributed by atoms with E-state index in [2.05, 4.69) is 0 Å². The van der Waals surface area contributed by atoms with Crippen molar-refractivity contribution in [2.75, 3.05) is 13.1 Å². The van der Waals surface area contributed by atoms with Gasteiger partial charge in [0.2, 0.25) is 5.91 Å². The summed E-state index contributed by atoms with van der Waals surface area (Å²) in [4.78, 5) is 13.5. The van der Waals surface area contributed by atoms with Crippen LogP contribution in [-0.4, -0.2) is 35.1 Å². The van der Waals surface area contributed by atoms with Crippen molar-refractivity contribution in [1.82, 2.24) is 4.90 Å². The molecule has 2 atom stereocenters. The summed E-state index contributed by atoms with van der Waals surface area (Å²) in [6.45, 7) is 6.19. The number of hydrogen-bond acceptors (Lipinski definition) is 3. The average molecular weight is 210 g/mol. The van der Waals surface area contributed by atoms with Gasteiger partial charge in [0.05, 0.1) is 12.2 Å². The van der Waals surface area contributed by atoms with Crippen LogP contribution in [0.2, 0.25) is 0 Å². The molecule has 15 heavy (non-hydrogen) atoms. The Morgan fingerprint density at radius 3 is 2.67 bits per heavy atom. The summed E-state index contributed by atoms with van der Waals surface area (Å²) in [5, 5.41) is 18.5. The van der Waals surface area contributed by atoms with Gasteiger partial charge in [-0.1, -0.05) is 6.92 Å². The first kappa shape index (κ1) is 12.0. The first-order valence-electron chi connectivity index (χ1n) is 5.27. The first-order valence-corrected chi connectivity index (χ1v) is 5.27. The summed E-state index contributed by atoms with van der Waals surface area (Å²) < 4.78 is 0. The zero-order chi connectivity index (χ0) is 11.6. The topological polar surface area (TPSA) is 64.3 Å². The number of nitriles is 1. The van der Waals surface area contributed by atoms with Gasteiger partial charge in [-0.3, -0.25) is 4.79 Å². The molecule has 4 nitrogen and oxygen atoms in total. The van der Waals surface area contributed by atoms with Gasteiger partial charge in [0.15, 0.2) is 0 Å². The Morgan fingerprint density at radius 1 is 1.60 bits per heavy atom. The lowest BCUT2D eigenvalue weighted by molar-refractivity contribution is -0.141. The molecule has 2 unspecified atom stereocenters. The van der Waals surface area contributed by atoms with Crippen molar-refractivity contribution >= 4 is 5.91 Å². The number of rotatable bonds is 1. The molecule has 1 aliphatic rings. The molecule has 0 aromatic rings. The van der Waals surface area contributed by atoms with E-state index in [-0.39, 0.29) is 11.8 Å². The molecule has 0 aliphatic carbocycles. The third-order valence-electron chi connectivity index (χ3n) is 3.02. The second-order valence-electron chi connectivity index (χ2n) is 4.82. The van der Waals surface area contributed by atoms with E-state index in [9.17, 15) is 9.90 Å². The molecule has 0 aromatic carbocycles. The van der Waals surface area contributed by atoms with E-state index in [1.165, 1.54) is 0 Å². The molecular weight excluding hydrogens is 192 g/mol. The standard InChI is InChI=1S/C11H18N2O2/c1-8-4-5-13(6-9(8)14)10(15)11(2,3)7-12/h8-9,14H,4-6H2,1-3H3. The third kappa shape index (κ3) is 2.48. The second-order valence-corrected chi connectivity index (χ2v) is 4.82. The van der Waals surface area contributed by atoms with Crippen LogP contribution in [0.5, 0.6) is 0 Å². The number of amides is 1. The summed E-state index contributed by atoms with van der Waals surface area (Å²) in [5.41, 5.74) is -0.986. The van der Waals surface area contributed by atoms with Gasteiger partial charge in [-0.25, -0.2) is 0 Å². The van der Waals surface area contributed by atoms with Crippen LogP contribution < -0.4 is 0 Å². The van der Waals surface area contributed by atoms with Gasteiger partial charge >= 0.3 is 0 Å². The highest BCUT2D eigenvalue weighted by atomic mass is 16.3. The number of nitrogens with zero attached hydrogens (tertiary/aromatic N) is 2. The minimum atomic E-state index is -0.986. The predicted octanol–water partition coefficient (Wildman–Crippen LogP) is 0.765. The molecule has 1 heterocycles. The van der Waals surface area contributed by atoms with E-state index in [0.717, 1.165) is 6.42 Å². The predicted molar refractivity (Wildman–Crippen MR) is 55.8 cm³/mol. The lowest BCUT2D eigenvalue weighted by Gasteiger charge is -2.36. The van der Waals surface area contributed by atoms with E-state index >= 15 is 0 Å². The fourth-order valence-electron chi connectivity index (χ4n) is 1.68. The summed E-state index contributed by atoms with van der Waals surface area (Å²) >= 11 is 0. The minimum absolute atomic E-state index is 0.184. The average Bonchev–Trinajstić information content (AvgIpc) is 2.21. The maximum Gasteiger partial charge on any atom is 0.242 e. The van der Waals surface area contributed by atoms with E-state index in [0.29, 0.717) is 13.1 Å². The number of piperidine rings is 1. The molecular formula is C11H18N2O2. The van der Waals surface area contributed by atoms with Gasteiger partial charge in [-0.2, -0.15) is 5.26 Å². The molecule has 1 fully saturated rings. The zero-order valence-electron chi connectivity index (χ0n) is 9.53. The Bertz CT molecular complexity index is 293. The van der Waals surface area contributed by atoms with Crippen molar-refractivity contribution < 1.29 is 9.90 Å². The Morgan fingerprint density at radius 2 is 2.20 bits per heavy atom. The summed E-state index contributed by atoms with van der Waals surface area (Å²) in [7, 11) is 0. The van der Waals surface area contributed by atoms with Crippen molar-refractivity contribution in [2.24, 2.45) is 11.3 Å². The quantitative estimate of drug-likeness (QED) is 0.695. The van der Waals surface area contributed by atoms with Crippen LogP contribution in [0.3, 0.4) is 0 Å². The number of carbonyl (C=O) groups excluding carboxylic acids is 1. The Balaban J connectivity index is 2.68. The van der Waals surface area contributed by atoms with Crippen LogP contribution >= 0.6 is 0 Å². The molecule has 1 N–H and O–H groups in total. The van der Waals surface area contributed by atoms with Gasteiger partial charge in [-0.15, -0.1) is 0 Å². The van der Waals surface area contributed by atoms with Crippen LogP contribution in [0.25, 0.3) is 0 Å². The molecule has 1 saturated heterocycles. The van der Waals surface area contributed by atoms with E-state index in [1.807, 2.05) is 13.0 Å². The minimum Gasteiger partial charge on any atom is -0.391 e. The van der Waals surface area contributed by atoms with Gasteiger partial charge in [-0.05, 0) is 26.2 Å². The fourth-order valence-corrected chi connectivity index (χ4v) is 1.68. The van der Waals surface area contributed by atoms with E-state index in [1.54, 1.807) is 18.7 Å². The van der Waals surface area contributed by atoms with Gasteiger partial charge in [0.1, 0.15) is 5.41 Å². The van der Waals surface area contributed by atoms with Gasteiger partial charge < -0.3 is 10.0 Å². The lowest BCUT2D eigenvalue weighted by Crippen LogP contribution is -2.49. The van der Waals surface area contributed by atoms with Crippen molar-refractivity contribution in [3.63, 3.8) is 0 Å². The molecule has 0 radical (unpaired) electrons. The largest absolute Gasteiger partial charge is 0.391 e. The van der Waals surface area contributed by atoms with Gasteiger partial charge in [0.25, 0.3) is 0 Å². The Labute approximate surface area is 90.5 Å². The zero-order valence-corrected chi connectivity index (χ0v) is 9.53. The Kier molecular flexibility index (Phi) is 3.35. The normalized spacial score (nSPS) is 27.3. The van der Waals surface area contributed by atoms with Crippen LogP contribution in [0.15, 0.2) is 0 Å². The SMILES string of the molecule is CC1CCN(C(=O)C(C)(C)C#N)CC1O. The lowest BCUT2D eigenvalue weighted by atomic mass is 9.90. The Hall–Kier alpha value is -1.08.